The third-order valence-electron chi connectivity index (χ3n) is 3.53. The molecule has 0 spiro atoms. The van der Waals surface area contributed by atoms with Crippen LogP contribution in [0.3, 0.4) is 0 Å². The number of methoxy groups -OCH3 is 1. The van der Waals surface area contributed by atoms with Crippen LogP contribution in [0.5, 0.6) is 0 Å². The molecular formula is C13H17BrN2O4S. The molecule has 2 unspecified atom stereocenters. The summed E-state index contributed by atoms with van der Waals surface area (Å²) in [5.41, 5.74) is 0.246. The number of ether oxygens (including phenoxy) is 1. The molecule has 1 aliphatic rings. The Balaban J connectivity index is 2.21. The second kappa shape index (κ2) is 6.43. The molecule has 1 saturated carbocycles. The molecule has 1 amide bonds. The van der Waals surface area contributed by atoms with Crippen molar-refractivity contribution in [3.63, 3.8) is 0 Å². The minimum atomic E-state index is -3.86. The number of carbonyl (C=O) groups excluding carboxylic acids is 1. The highest BCUT2D eigenvalue weighted by atomic mass is 79.9. The maximum absolute atomic E-state index is 12.3. The Morgan fingerprint density at radius 2 is 2.10 bits per heavy atom. The third-order valence-corrected chi connectivity index (χ3v) is 4.88. The molecule has 1 aromatic rings. The zero-order valence-corrected chi connectivity index (χ0v) is 13.9. The lowest BCUT2D eigenvalue weighted by molar-refractivity contribution is 0.0722. The van der Waals surface area contributed by atoms with Crippen molar-refractivity contribution in [2.24, 2.45) is 5.14 Å². The van der Waals surface area contributed by atoms with Gasteiger partial charge in [0.25, 0.3) is 5.91 Å². The van der Waals surface area contributed by atoms with Gasteiger partial charge in [0.2, 0.25) is 10.0 Å². The Hall–Kier alpha value is -0.960. The van der Waals surface area contributed by atoms with Gasteiger partial charge in [-0.05, 0) is 37.5 Å². The van der Waals surface area contributed by atoms with Crippen molar-refractivity contribution in [3.05, 3.63) is 28.2 Å². The molecule has 6 nitrogen and oxygen atoms in total. The zero-order chi connectivity index (χ0) is 15.6. The molecule has 0 bridgehead atoms. The topological polar surface area (TPSA) is 98.5 Å². The highest BCUT2D eigenvalue weighted by Gasteiger charge is 2.28. The van der Waals surface area contributed by atoms with E-state index < -0.39 is 10.0 Å². The number of primary sulfonamides is 1. The van der Waals surface area contributed by atoms with E-state index in [4.69, 9.17) is 9.88 Å². The van der Waals surface area contributed by atoms with Crippen LogP contribution in [0.2, 0.25) is 0 Å². The normalized spacial score (nSPS) is 22.2. The summed E-state index contributed by atoms with van der Waals surface area (Å²) >= 11 is 3.19. The van der Waals surface area contributed by atoms with Crippen LogP contribution in [-0.4, -0.2) is 33.6 Å². The molecule has 21 heavy (non-hydrogen) atoms. The fourth-order valence-electron chi connectivity index (χ4n) is 2.48. The van der Waals surface area contributed by atoms with Crippen molar-refractivity contribution >= 4 is 31.9 Å². The summed E-state index contributed by atoms with van der Waals surface area (Å²) in [6.45, 7) is 0. The van der Waals surface area contributed by atoms with Crippen LogP contribution >= 0.6 is 15.9 Å². The molecule has 1 aromatic carbocycles. The van der Waals surface area contributed by atoms with Crippen molar-refractivity contribution in [3.8, 4) is 0 Å². The molecule has 2 rings (SSSR count). The summed E-state index contributed by atoms with van der Waals surface area (Å²) in [6.07, 6.45) is 2.74. The highest BCUT2D eigenvalue weighted by molar-refractivity contribution is 9.10. The smallest absolute Gasteiger partial charge is 0.251 e. The van der Waals surface area contributed by atoms with Gasteiger partial charge in [-0.25, -0.2) is 13.6 Å². The van der Waals surface area contributed by atoms with Crippen LogP contribution in [0.25, 0.3) is 0 Å². The second-order valence-corrected chi connectivity index (χ2v) is 7.48. The molecule has 2 atom stereocenters. The molecule has 8 heteroatoms. The number of hydrogen-bond donors (Lipinski definition) is 2. The van der Waals surface area contributed by atoms with E-state index in [1.807, 2.05) is 0 Å². The molecule has 3 N–H and O–H groups in total. The average Bonchev–Trinajstić information content (AvgIpc) is 2.84. The van der Waals surface area contributed by atoms with Gasteiger partial charge < -0.3 is 10.1 Å². The predicted molar refractivity (Wildman–Crippen MR) is 81.4 cm³/mol. The lowest BCUT2D eigenvalue weighted by atomic mass is 10.1. The summed E-state index contributed by atoms with van der Waals surface area (Å²) < 4.78 is 28.6. The number of hydrogen-bond acceptors (Lipinski definition) is 4. The lowest BCUT2D eigenvalue weighted by Crippen LogP contribution is -2.40. The standard InChI is InChI=1S/C13H17BrN2O4S/c1-20-12-4-2-3-11(12)16-13(17)8-5-9(14)7-10(6-8)21(15,18)19/h5-7,11-12H,2-4H2,1H3,(H,16,17)(H2,15,18,19). The van der Waals surface area contributed by atoms with Crippen LogP contribution in [0.4, 0.5) is 0 Å². The van der Waals surface area contributed by atoms with E-state index in [1.54, 1.807) is 13.2 Å². The number of halogens is 1. The maximum atomic E-state index is 12.3. The van der Waals surface area contributed by atoms with Gasteiger partial charge in [0.05, 0.1) is 17.0 Å². The molecule has 0 heterocycles. The Bertz CT molecular complexity index is 648. The molecule has 116 valence electrons. The molecule has 0 radical (unpaired) electrons. The van der Waals surface area contributed by atoms with E-state index in [0.717, 1.165) is 19.3 Å². The van der Waals surface area contributed by atoms with E-state index in [-0.39, 0.29) is 28.5 Å². The number of rotatable bonds is 4. The van der Waals surface area contributed by atoms with E-state index in [1.165, 1.54) is 12.1 Å². The third kappa shape index (κ3) is 4.03. The van der Waals surface area contributed by atoms with Crippen molar-refractivity contribution in [1.29, 1.82) is 0 Å². The first kappa shape index (κ1) is 16.4. The van der Waals surface area contributed by atoms with Gasteiger partial charge >= 0.3 is 0 Å². The monoisotopic (exact) mass is 376 g/mol. The van der Waals surface area contributed by atoms with Gasteiger partial charge in [-0.1, -0.05) is 15.9 Å². The quantitative estimate of drug-likeness (QED) is 0.829. The minimum Gasteiger partial charge on any atom is -0.379 e. The summed E-state index contributed by atoms with van der Waals surface area (Å²) in [7, 11) is -2.24. The van der Waals surface area contributed by atoms with E-state index in [2.05, 4.69) is 21.2 Å². The number of carbonyl (C=O) groups is 1. The Morgan fingerprint density at radius 3 is 2.71 bits per heavy atom. The first-order chi connectivity index (χ1) is 9.81. The molecule has 0 saturated heterocycles. The molecular weight excluding hydrogens is 360 g/mol. The zero-order valence-electron chi connectivity index (χ0n) is 11.5. The fourth-order valence-corrected chi connectivity index (χ4v) is 3.71. The van der Waals surface area contributed by atoms with Crippen LogP contribution in [-0.2, 0) is 14.8 Å². The van der Waals surface area contributed by atoms with Gasteiger partial charge in [0.15, 0.2) is 0 Å². The molecule has 1 fully saturated rings. The van der Waals surface area contributed by atoms with Crippen LogP contribution < -0.4 is 10.5 Å². The Labute approximate surface area is 132 Å². The van der Waals surface area contributed by atoms with E-state index in [9.17, 15) is 13.2 Å². The van der Waals surface area contributed by atoms with E-state index in [0.29, 0.717) is 4.47 Å². The first-order valence-corrected chi connectivity index (χ1v) is 8.82. The summed E-state index contributed by atoms with van der Waals surface area (Å²) in [5, 5.41) is 7.98. The van der Waals surface area contributed by atoms with Gasteiger partial charge in [-0.2, -0.15) is 0 Å². The average molecular weight is 377 g/mol. The Morgan fingerprint density at radius 1 is 1.38 bits per heavy atom. The van der Waals surface area contributed by atoms with Crippen molar-refractivity contribution in [1.82, 2.24) is 5.32 Å². The second-order valence-electron chi connectivity index (χ2n) is 5.01. The summed E-state index contributed by atoms with van der Waals surface area (Å²) in [5.74, 6) is -0.338. The van der Waals surface area contributed by atoms with Gasteiger partial charge in [-0.15, -0.1) is 0 Å². The number of sulfonamides is 1. The molecule has 0 aromatic heterocycles. The first-order valence-electron chi connectivity index (χ1n) is 6.48. The Kier molecular flexibility index (Phi) is 5.03. The largest absolute Gasteiger partial charge is 0.379 e. The van der Waals surface area contributed by atoms with Crippen molar-refractivity contribution < 1.29 is 17.9 Å². The summed E-state index contributed by atoms with van der Waals surface area (Å²) in [4.78, 5) is 12.2. The van der Waals surface area contributed by atoms with Crippen LogP contribution in [0.15, 0.2) is 27.6 Å². The van der Waals surface area contributed by atoms with E-state index >= 15 is 0 Å². The van der Waals surface area contributed by atoms with Crippen LogP contribution in [0.1, 0.15) is 29.6 Å². The van der Waals surface area contributed by atoms with Crippen molar-refractivity contribution in [2.45, 2.75) is 36.3 Å². The highest BCUT2D eigenvalue weighted by Crippen LogP contribution is 2.23. The number of amides is 1. The number of nitrogens with one attached hydrogen (secondary N) is 1. The van der Waals surface area contributed by atoms with Crippen molar-refractivity contribution in [2.75, 3.05) is 7.11 Å². The lowest BCUT2D eigenvalue weighted by Gasteiger charge is -2.19. The number of benzene rings is 1. The molecule has 0 aliphatic heterocycles. The fraction of sp³-hybridized carbons (Fsp3) is 0.462. The van der Waals surface area contributed by atoms with Gasteiger partial charge in [0.1, 0.15) is 0 Å². The van der Waals surface area contributed by atoms with Gasteiger partial charge in [0, 0.05) is 17.1 Å². The number of nitrogens with two attached hydrogens (primary N) is 1. The summed E-state index contributed by atoms with van der Waals surface area (Å²) in [6, 6.07) is 4.13. The SMILES string of the molecule is COC1CCCC1NC(=O)c1cc(Br)cc(S(N)(=O)=O)c1. The van der Waals surface area contributed by atoms with Crippen LogP contribution in [0, 0.1) is 0 Å². The molecule has 1 aliphatic carbocycles. The van der Waals surface area contributed by atoms with Gasteiger partial charge in [-0.3, -0.25) is 4.79 Å². The predicted octanol–water partition coefficient (Wildman–Crippen LogP) is 1.39. The maximum Gasteiger partial charge on any atom is 0.251 e. The minimum absolute atomic E-state index is 0.00110.